The number of nitro groups is 2. The number of Topliss-reactive ketones (excluding diaryl/α,β-unsaturated/α-hetero) is 1. The molecule has 9 nitrogen and oxygen atoms in total. The highest BCUT2D eigenvalue weighted by atomic mass is 16.6. The highest BCUT2D eigenvalue weighted by molar-refractivity contribution is 6.10. The van der Waals surface area contributed by atoms with Gasteiger partial charge in [-0.3, -0.25) is 29.8 Å². The molecule has 0 amide bonds. The Morgan fingerprint density at radius 3 is 2.38 bits per heavy atom. The first kappa shape index (κ1) is 14.6. The number of esters is 1. The molecule has 0 bridgehead atoms. The number of nitro benzene ring substituents is 2. The summed E-state index contributed by atoms with van der Waals surface area (Å²) in [5, 5.41) is 21.9. The molecule has 0 spiro atoms. The summed E-state index contributed by atoms with van der Waals surface area (Å²) in [5.74, 6) is -1.46. The molecular formula is C12H10N2O7. The molecule has 1 fully saturated rings. The van der Waals surface area contributed by atoms with Gasteiger partial charge in [0.25, 0.3) is 11.4 Å². The van der Waals surface area contributed by atoms with Crippen LogP contribution in [0, 0.1) is 20.2 Å². The van der Waals surface area contributed by atoms with E-state index in [9.17, 15) is 29.8 Å². The van der Waals surface area contributed by atoms with Crippen LogP contribution in [-0.2, 0) is 19.7 Å². The number of nitrogens with zero attached hydrogens (tertiary/aromatic N) is 2. The van der Waals surface area contributed by atoms with Crippen molar-refractivity contribution in [2.24, 2.45) is 0 Å². The van der Waals surface area contributed by atoms with E-state index in [4.69, 9.17) is 4.74 Å². The molecule has 0 radical (unpaired) electrons. The van der Waals surface area contributed by atoms with Gasteiger partial charge in [-0.05, 0) is 13.0 Å². The number of hydrogen-bond acceptors (Lipinski definition) is 7. The molecule has 1 aliphatic heterocycles. The second kappa shape index (κ2) is 4.93. The first-order valence-corrected chi connectivity index (χ1v) is 5.92. The topological polar surface area (TPSA) is 130 Å². The van der Waals surface area contributed by atoms with Crippen LogP contribution in [0.2, 0.25) is 0 Å². The van der Waals surface area contributed by atoms with Crippen molar-refractivity contribution in [3.05, 3.63) is 44.0 Å². The summed E-state index contributed by atoms with van der Waals surface area (Å²) in [6, 6.07) is 2.84. The number of rotatable bonds is 4. The van der Waals surface area contributed by atoms with Crippen LogP contribution in [0.4, 0.5) is 11.4 Å². The molecule has 1 atom stereocenters. The van der Waals surface area contributed by atoms with E-state index < -0.39 is 38.4 Å². The van der Waals surface area contributed by atoms with Crippen molar-refractivity contribution in [2.45, 2.75) is 18.8 Å². The molecule has 1 aliphatic rings. The standard InChI is InChI=1S/C12H10N2O7/c1-7(15)12(4-5-21-11(12)16)9-3-2-8(13(17)18)6-10(9)14(19)20/h2-3,6H,4-5H2,1H3. The normalized spacial score (nSPS) is 20.9. The highest BCUT2D eigenvalue weighted by Gasteiger charge is 2.53. The first-order chi connectivity index (χ1) is 9.80. The van der Waals surface area contributed by atoms with Gasteiger partial charge in [0.1, 0.15) is 0 Å². The van der Waals surface area contributed by atoms with Crippen LogP contribution in [0.25, 0.3) is 0 Å². The fourth-order valence-corrected chi connectivity index (χ4v) is 2.42. The minimum absolute atomic E-state index is 0.0280. The van der Waals surface area contributed by atoms with Crippen LogP contribution in [0.3, 0.4) is 0 Å². The zero-order valence-electron chi connectivity index (χ0n) is 10.9. The molecule has 1 aromatic rings. The van der Waals surface area contributed by atoms with Gasteiger partial charge in [-0.25, -0.2) is 0 Å². The Kier molecular flexibility index (Phi) is 3.42. The summed E-state index contributed by atoms with van der Waals surface area (Å²) in [6.07, 6.45) is -0.0280. The Hall–Kier alpha value is -2.84. The SMILES string of the molecule is CC(=O)C1(c2ccc([N+](=O)[O-])cc2[N+](=O)[O-])CCOC1=O. The van der Waals surface area contributed by atoms with Gasteiger partial charge in [0.2, 0.25) is 0 Å². The van der Waals surface area contributed by atoms with E-state index in [0.29, 0.717) is 0 Å². The third kappa shape index (κ3) is 2.12. The predicted octanol–water partition coefficient (Wildman–Crippen LogP) is 1.28. The summed E-state index contributed by atoms with van der Waals surface area (Å²) in [7, 11) is 0. The Balaban J connectivity index is 2.72. The minimum Gasteiger partial charge on any atom is -0.465 e. The molecule has 1 unspecified atom stereocenters. The highest BCUT2D eigenvalue weighted by Crippen LogP contribution is 2.41. The molecule has 9 heteroatoms. The summed E-state index contributed by atoms with van der Waals surface area (Å²) < 4.78 is 4.78. The van der Waals surface area contributed by atoms with Gasteiger partial charge in [0.15, 0.2) is 11.2 Å². The molecule has 1 heterocycles. The Morgan fingerprint density at radius 1 is 1.29 bits per heavy atom. The van der Waals surface area contributed by atoms with Crippen LogP contribution in [0.1, 0.15) is 18.9 Å². The monoisotopic (exact) mass is 294 g/mol. The lowest BCUT2D eigenvalue weighted by molar-refractivity contribution is -0.394. The quantitative estimate of drug-likeness (QED) is 0.354. The fourth-order valence-electron chi connectivity index (χ4n) is 2.42. The number of benzene rings is 1. The maximum Gasteiger partial charge on any atom is 0.324 e. The average molecular weight is 294 g/mol. The van der Waals surface area contributed by atoms with Gasteiger partial charge in [-0.15, -0.1) is 0 Å². The van der Waals surface area contributed by atoms with Crippen molar-refractivity contribution in [2.75, 3.05) is 6.61 Å². The van der Waals surface area contributed by atoms with Gasteiger partial charge >= 0.3 is 5.97 Å². The van der Waals surface area contributed by atoms with Crippen LogP contribution in [0.5, 0.6) is 0 Å². The largest absolute Gasteiger partial charge is 0.465 e. The maximum atomic E-state index is 11.9. The van der Waals surface area contributed by atoms with E-state index in [1.807, 2.05) is 0 Å². The summed E-state index contributed by atoms with van der Waals surface area (Å²) in [5.41, 5.74) is -3.07. The molecule has 0 aliphatic carbocycles. The van der Waals surface area contributed by atoms with Crippen molar-refractivity contribution < 1.29 is 24.2 Å². The Morgan fingerprint density at radius 2 is 1.95 bits per heavy atom. The Labute approximate surface area is 117 Å². The van der Waals surface area contributed by atoms with Crippen molar-refractivity contribution in [1.82, 2.24) is 0 Å². The zero-order chi connectivity index (χ0) is 15.8. The number of hydrogen-bond donors (Lipinski definition) is 0. The van der Waals surface area contributed by atoms with E-state index in [1.54, 1.807) is 0 Å². The zero-order valence-corrected chi connectivity index (χ0v) is 10.9. The van der Waals surface area contributed by atoms with Crippen molar-refractivity contribution in [3.8, 4) is 0 Å². The van der Waals surface area contributed by atoms with Crippen molar-refractivity contribution >= 4 is 23.1 Å². The van der Waals surface area contributed by atoms with Crippen LogP contribution >= 0.6 is 0 Å². The smallest absolute Gasteiger partial charge is 0.324 e. The van der Waals surface area contributed by atoms with Crippen molar-refractivity contribution in [3.63, 3.8) is 0 Å². The lowest BCUT2D eigenvalue weighted by atomic mass is 9.75. The van der Waals surface area contributed by atoms with Crippen LogP contribution < -0.4 is 0 Å². The van der Waals surface area contributed by atoms with Crippen molar-refractivity contribution in [1.29, 1.82) is 0 Å². The average Bonchev–Trinajstić information content (AvgIpc) is 2.80. The number of carbonyl (C=O) groups excluding carboxylic acids is 2. The fraction of sp³-hybridized carbons (Fsp3) is 0.333. The van der Waals surface area contributed by atoms with Crippen LogP contribution in [0.15, 0.2) is 18.2 Å². The lowest BCUT2D eigenvalue weighted by Gasteiger charge is -2.21. The molecule has 0 aromatic heterocycles. The van der Waals surface area contributed by atoms with Gasteiger partial charge < -0.3 is 4.74 Å². The Bertz CT molecular complexity index is 670. The molecule has 1 aromatic carbocycles. The number of carbonyl (C=O) groups is 2. The molecule has 2 rings (SSSR count). The van der Waals surface area contributed by atoms with Gasteiger partial charge in [0, 0.05) is 12.5 Å². The van der Waals surface area contributed by atoms with Gasteiger partial charge in [-0.1, -0.05) is 0 Å². The summed E-state index contributed by atoms with van der Waals surface area (Å²) in [4.78, 5) is 44.1. The van der Waals surface area contributed by atoms with Gasteiger partial charge in [0.05, 0.1) is 28.1 Å². The number of ether oxygens (including phenoxy) is 1. The third-order valence-electron chi connectivity index (χ3n) is 3.51. The number of non-ortho nitro benzene ring substituents is 1. The van der Waals surface area contributed by atoms with E-state index in [2.05, 4.69) is 0 Å². The van der Waals surface area contributed by atoms with Gasteiger partial charge in [-0.2, -0.15) is 0 Å². The summed E-state index contributed by atoms with van der Waals surface area (Å²) >= 11 is 0. The number of cyclic esters (lactones) is 1. The maximum absolute atomic E-state index is 11.9. The number of ketones is 1. The van der Waals surface area contributed by atoms with E-state index in [-0.39, 0.29) is 18.6 Å². The second-order valence-electron chi connectivity index (χ2n) is 4.56. The summed E-state index contributed by atoms with van der Waals surface area (Å²) in [6.45, 7) is 1.10. The minimum atomic E-state index is -1.77. The van der Waals surface area contributed by atoms with E-state index >= 15 is 0 Å². The molecule has 0 N–H and O–H groups in total. The van der Waals surface area contributed by atoms with E-state index in [0.717, 1.165) is 25.1 Å². The molecule has 0 saturated carbocycles. The van der Waals surface area contributed by atoms with Crippen LogP contribution in [-0.4, -0.2) is 28.2 Å². The third-order valence-corrected chi connectivity index (χ3v) is 3.51. The second-order valence-corrected chi connectivity index (χ2v) is 4.56. The molecule has 110 valence electrons. The van der Waals surface area contributed by atoms with E-state index in [1.165, 1.54) is 0 Å². The molecule has 21 heavy (non-hydrogen) atoms. The lowest BCUT2D eigenvalue weighted by Crippen LogP contribution is -2.39. The predicted molar refractivity (Wildman–Crippen MR) is 67.7 cm³/mol. The molecule has 1 saturated heterocycles. The molecular weight excluding hydrogens is 284 g/mol. The first-order valence-electron chi connectivity index (χ1n) is 5.92.